The number of piperidine rings is 1. The predicted molar refractivity (Wildman–Crippen MR) is 77.9 cm³/mol. The number of hydrogen-bond donors (Lipinski definition) is 2. The van der Waals surface area contributed by atoms with Crippen LogP contribution in [-0.4, -0.2) is 64.3 Å². The summed E-state index contributed by atoms with van der Waals surface area (Å²) in [5.41, 5.74) is -0.399. The Labute approximate surface area is 125 Å². The average Bonchev–Trinajstić information content (AvgIpc) is 2.85. The summed E-state index contributed by atoms with van der Waals surface area (Å²) in [6.07, 6.45) is 3.26. The van der Waals surface area contributed by atoms with Crippen molar-refractivity contribution in [1.82, 2.24) is 9.80 Å². The van der Waals surface area contributed by atoms with E-state index in [0.717, 1.165) is 19.3 Å². The summed E-state index contributed by atoms with van der Waals surface area (Å²) in [4.78, 5) is 27.6. The van der Waals surface area contributed by atoms with E-state index in [1.807, 2.05) is 13.8 Å². The van der Waals surface area contributed by atoms with Crippen molar-refractivity contribution in [2.24, 2.45) is 11.3 Å². The third-order valence-corrected chi connectivity index (χ3v) is 4.85. The Morgan fingerprint density at radius 1 is 1.29 bits per heavy atom. The molecule has 0 bridgehead atoms. The maximum absolute atomic E-state index is 12.7. The Kier molecular flexibility index (Phi) is 4.76. The number of carboxylic acid groups (broad SMARTS) is 1. The number of rotatable bonds is 3. The first kappa shape index (κ1) is 16.1. The lowest BCUT2D eigenvalue weighted by molar-refractivity contribution is -0.148. The fraction of sp³-hybridized carbons (Fsp3) is 0.867. The molecule has 6 heteroatoms. The van der Waals surface area contributed by atoms with E-state index in [1.54, 1.807) is 4.90 Å². The number of carbonyl (C=O) groups is 2. The first-order valence-corrected chi connectivity index (χ1v) is 7.76. The molecule has 2 N–H and O–H groups in total. The molecule has 2 fully saturated rings. The Hall–Kier alpha value is -1.30. The van der Waals surface area contributed by atoms with Crippen LogP contribution in [0.2, 0.25) is 0 Å². The highest BCUT2D eigenvalue weighted by Crippen LogP contribution is 2.36. The van der Waals surface area contributed by atoms with Crippen molar-refractivity contribution < 1.29 is 19.8 Å². The summed E-state index contributed by atoms with van der Waals surface area (Å²) in [5, 5.41) is 18.5. The molecule has 0 radical (unpaired) electrons. The molecule has 2 amide bonds. The number of likely N-dealkylation sites (tertiary alicyclic amines) is 2. The van der Waals surface area contributed by atoms with Crippen molar-refractivity contribution in [3.8, 4) is 0 Å². The quantitative estimate of drug-likeness (QED) is 0.825. The van der Waals surface area contributed by atoms with E-state index in [0.29, 0.717) is 32.0 Å². The van der Waals surface area contributed by atoms with Crippen LogP contribution in [0.1, 0.15) is 39.5 Å². The minimum atomic E-state index is -0.917. The lowest BCUT2D eigenvalue weighted by atomic mass is 9.76. The van der Waals surface area contributed by atoms with Gasteiger partial charge in [0.25, 0.3) is 0 Å². The van der Waals surface area contributed by atoms with E-state index in [4.69, 9.17) is 5.11 Å². The average molecular weight is 298 g/mol. The normalized spacial score (nSPS) is 28.7. The second-order valence-electron chi connectivity index (χ2n) is 6.92. The molecule has 0 aliphatic carbocycles. The Balaban J connectivity index is 2.08. The molecule has 2 saturated heterocycles. The van der Waals surface area contributed by atoms with E-state index in [9.17, 15) is 14.7 Å². The molecule has 0 spiro atoms. The number of aliphatic hydroxyl groups excluding tert-OH is 1. The molecule has 2 atom stereocenters. The smallest absolute Gasteiger partial charge is 0.327 e. The fourth-order valence-electron chi connectivity index (χ4n) is 3.67. The van der Waals surface area contributed by atoms with E-state index in [2.05, 4.69) is 0 Å². The molecule has 6 nitrogen and oxygen atoms in total. The van der Waals surface area contributed by atoms with Gasteiger partial charge in [-0.05, 0) is 37.0 Å². The first-order valence-electron chi connectivity index (χ1n) is 7.76. The van der Waals surface area contributed by atoms with Crippen LogP contribution < -0.4 is 0 Å². The van der Waals surface area contributed by atoms with Gasteiger partial charge in [0.1, 0.15) is 6.04 Å². The van der Waals surface area contributed by atoms with Gasteiger partial charge in [0.2, 0.25) is 0 Å². The highest BCUT2D eigenvalue weighted by Gasteiger charge is 2.46. The number of aliphatic carboxylic acids is 1. The van der Waals surface area contributed by atoms with Gasteiger partial charge < -0.3 is 20.0 Å². The lowest BCUT2D eigenvalue weighted by Gasteiger charge is -2.45. The van der Waals surface area contributed by atoms with Crippen molar-refractivity contribution in [3.05, 3.63) is 0 Å². The van der Waals surface area contributed by atoms with E-state index in [1.165, 1.54) is 4.90 Å². The summed E-state index contributed by atoms with van der Waals surface area (Å²) < 4.78 is 0. The van der Waals surface area contributed by atoms with Gasteiger partial charge in [-0.25, -0.2) is 9.59 Å². The zero-order chi connectivity index (χ0) is 15.6. The number of hydrogen-bond acceptors (Lipinski definition) is 3. The maximum atomic E-state index is 12.7. The molecule has 0 saturated carbocycles. The minimum Gasteiger partial charge on any atom is -0.480 e. The van der Waals surface area contributed by atoms with Gasteiger partial charge in [-0.2, -0.15) is 0 Å². The largest absolute Gasteiger partial charge is 0.480 e. The van der Waals surface area contributed by atoms with E-state index in [-0.39, 0.29) is 12.6 Å². The molecule has 2 aliphatic rings. The zero-order valence-electron chi connectivity index (χ0n) is 12.9. The first-order chi connectivity index (χ1) is 9.86. The third-order valence-electron chi connectivity index (χ3n) is 4.85. The fourth-order valence-corrected chi connectivity index (χ4v) is 3.67. The van der Waals surface area contributed by atoms with Crippen LogP contribution in [0.5, 0.6) is 0 Å². The van der Waals surface area contributed by atoms with Crippen LogP contribution in [0.3, 0.4) is 0 Å². The molecule has 2 rings (SSSR count). The molecule has 0 aromatic heterocycles. The summed E-state index contributed by atoms with van der Waals surface area (Å²) in [6.45, 7) is 5.78. The molecule has 0 aromatic carbocycles. The number of carboxylic acids is 1. The Morgan fingerprint density at radius 3 is 2.62 bits per heavy atom. The summed E-state index contributed by atoms with van der Waals surface area (Å²) >= 11 is 0. The molecular weight excluding hydrogens is 272 g/mol. The molecule has 21 heavy (non-hydrogen) atoms. The minimum absolute atomic E-state index is 0.140. The number of carbonyl (C=O) groups excluding carboxylic acids is 1. The highest BCUT2D eigenvalue weighted by molar-refractivity contribution is 5.83. The number of urea groups is 1. The molecule has 120 valence electrons. The second kappa shape index (κ2) is 6.22. The molecule has 0 aromatic rings. The van der Waals surface area contributed by atoms with Gasteiger partial charge in [0.15, 0.2) is 0 Å². The van der Waals surface area contributed by atoms with Crippen LogP contribution >= 0.6 is 0 Å². The van der Waals surface area contributed by atoms with Crippen molar-refractivity contribution >= 4 is 12.0 Å². The molecule has 2 heterocycles. The van der Waals surface area contributed by atoms with E-state index >= 15 is 0 Å². The van der Waals surface area contributed by atoms with Gasteiger partial charge in [0.05, 0.1) is 0 Å². The Morgan fingerprint density at radius 2 is 2.00 bits per heavy atom. The summed E-state index contributed by atoms with van der Waals surface area (Å²) in [7, 11) is 0. The summed E-state index contributed by atoms with van der Waals surface area (Å²) in [6, 6.07) is -0.911. The third kappa shape index (κ3) is 3.31. The predicted octanol–water partition coefficient (Wildman–Crippen LogP) is 1.39. The van der Waals surface area contributed by atoms with Crippen LogP contribution in [0.25, 0.3) is 0 Å². The van der Waals surface area contributed by atoms with Crippen molar-refractivity contribution in [3.63, 3.8) is 0 Å². The molecule has 2 aliphatic heterocycles. The van der Waals surface area contributed by atoms with Gasteiger partial charge >= 0.3 is 12.0 Å². The number of nitrogens with zero attached hydrogens (tertiary/aromatic N) is 2. The lowest BCUT2D eigenvalue weighted by Crippen LogP contribution is -2.59. The zero-order valence-corrected chi connectivity index (χ0v) is 12.9. The van der Waals surface area contributed by atoms with Crippen LogP contribution in [-0.2, 0) is 4.79 Å². The van der Waals surface area contributed by atoms with E-state index < -0.39 is 17.4 Å². The summed E-state index contributed by atoms with van der Waals surface area (Å²) in [5.74, 6) is -0.584. The standard InChI is InChI=1S/C15H26N2O4/c1-15(2)6-3-7-17(12(15)13(19)20)14(21)16-8-4-11(10-16)5-9-18/h11-12,18H,3-10H2,1-2H3,(H,19,20). The van der Waals surface area contributed by atoms with Crippen molar-refractivity contribution in [1.29, 1.82) is 0 Å². The maximum Gasteiger partial charge on any atom is 0.327 e. The highest BCUT2D eigenvalue weighted by atomic mass is 16.4. The SMILES string of the molecule is CC1(C)CCCN(C(=O)N2CCC(CCO)C2)C1C(=O)O. The molecule has 2 unspecified atom stereocenters. The molecular formula is C15H26N2O4. The van der Waals surface area contributed by atoms with Crippen LogP contribution in [0.4, 0.5) is 4.79 Å². The van der Waals surface area contributed by atoms with Crippen LogP contribution in [0, 0.1) is 11.3 Å². The monoisotopic (exact) mass is 298 g/mol. The van der Waals surface area contributed by atoms with Gasteiger partial charge in [-0.3, -0.25) is 0 Å². The van der Waals surface area contributed by atoms with Gasteiger partial charge in [-0.1, -0.05) is 13.8 Å². The topological polar surface area (TPSA) is 81.1 Å². The number of aliphatic hydroxyl groups is 1. The van der Waals surface area contributed by atoms with Gasteiger partial charge in [0, 0.05) is 26.2 Å². The Bertz CT molecular complexity index is 410. The second-order valence-corrected chi connectivity index (χ2v) is 6.92. The van der Waals surface area contributed by atoms with Crippen molar-refractivity contribution in [2.75, 3.05) is 26.2 Å². The van der Waals surface area contributed by atoms with Crippen LogP contribution in [0.15, 0.2) is 0 Å². The van der Waals surface area contributed by atoms with Crippen molar-refractivity contribution in [2.45, 2.75) is 45.6 Å². The van der Waals surface area contributed by atoms with Gasteiger partial charge in [-0.15, -0.1) is 0 Å². The number of amides is 2.